The molecule has 0 aromatic heterocycles. The van der Waals surface area contributed by atoms with E-state index in [0.29, 0.717) is 5.78 Å². The maximum atomic E-state index is 12.6. The van der Waals surface area contributed by atoms with Crippen LogP contribution in [0, 0.1) is 19.8 Å². The van der Waals surface area contributed by atoms with Gasteiger partial charge in [-0.05, 0) is 37.8 Å². The number of carbonyl (C=O) groups excluding carboxylic acids is 1. The topological polar surface area (TPSA) is 17.1 Å². The first-order valence-corrected chi connectivity index (χ1v) is 6.72. The number of rotatable bonds is 6. The van der Waals surface area contributed by atoms with E-state index >= 15 is 0 Å². The molecule has 0 amide bonds. The van der Waals surface area contributed by atoms with Crippen LogP contribution in [-0.2, 0) is 0 Å². The van der Waals surface area contributed by atoms with E-state index in [1.165, 1.54) is 0 Å². The highest BCUT2D eigenvalue weighted by molar-refractivity contribution is 6.00. The van der Waals surface area contributed by atoms with Gasteiger partial charge in [0, 0.05) is 11.5 Å². The summed E-state index contributed by atoms with van der Waals surface area (Å²) in [5.74, 6) is 0.564. The van der Waals surface area contributed by atoms with Crippen LogP contribution in [0.3, 0.4) is 0 Å². The molecule has 0 heterocycles. The van der Waals surface area contributed by atoms with Gasteiger partial charge in [0.25, 0.3) is 0 Å². The molecular formula is C16H24O. The van der Waals surface area contributed by atoms with Crippen molar-refractivity contribution in [1.82, 2.24) is 0 Å². The van der Waals surface area contributed by atoms with Crippen LogP contribution in [0.1, 0.15) is 61.0 Å². The first-order chi connectivity index (χ1) is 8.11. The lowest BCUT2D eigenvalue weighted by molar-refractivity contribution is 0.0903. The van der Waals surface area contributed by atoms with Gasteiger partial charge < -0.3 is 0 Å². The molecule has 0 aliphatic carbocycles. The van der Waals surface area contributed by atoms with E-state index in [-0.39, 0.29) is 5.92 Å². The SMILES string of the molecule is CCCC(CCC)C(=O)c1c(C)cccc1C. The zero-order valence-electron chi connectivity index (χ0n) is 11.5. The summed E-state index contributed by atoms with van der Waals surface area (Å²) in [6.45, 7) is 8.38. The number of hydrogen-bond donors (Lipinski definition) is 0. The van der Waals surface area contributed by atoms with Gasteiger partial charge in [-0.2, -0.15) is 0 Å². The molecule has 0 saturated carbocycles. The largest absolute Gasteiger partial charge is 0.294 e. The van der Waals surface area contributed by atoms with Crippen LogP contribution in [0.5, 0.6) is 0 Å². The van der Waals surface area contributed by atoms with Crippen LogP contribution in [-0.4, -0.2) is 5.78 Å². The molecule has 1 rings (SSSR count). The van der Waals surface area contributed by atoms with Gasteiger partial charge in [0.05, 0.1) is 0 Å². The van der Waals surface area contributed by atoms with Gasteiger partial charge in [-0.3, -0.25) is 4.79 Å². The van der Waals surface area contributed by atoms with Crippen molar-refractivity contribution in [2.45, 2.75) is 53.4 Å². The maximum absolute atomic E-state index is 12.6. The Kier molecular flexibility index (Phi) is 5.40. The van der Waals surface area contributed by atoms with Crippen molar-refractivity contribution in [3.8, 4) is 0 Å². The zero-order valence-corrected chi connectivity index (χ0v) is 11.5. The van der Waals surface area contributed by atoms with Gasteiger partial charge >= 0.3 is 0 Å². The Balaban J connectivity index is 3.00. The van der Waals surface area contributed by atoms with Crippen LogP contribution in [0.2, 0.25) is 0 Å². The average Bonchev–Trinajstić information content (AvgIpc) is 2.28. The Hall–Kier alpha value is -1.11. The predicted molar refractivity (Wildman–Crippen MR) is 73.6 cm³/mol. The van der Waals surface area contributed by atoms with Crippen LogP contribution in [0.25, 0.3) is 0 Å². The fraction of sp³-hybridized carbons (Fsp3) is 0.562. The second-order valence-electron chi connectivity index (χ2n) is 4.91. The zero-order chi connectivity index (χ0) is 12.8. The smallest absolute Gasteiger partial charge is 0.166 e. The molecule has 0 spiro atoms. The fourth-order valence-corrected chi connectivity index (χ4v) is 2.51. The standard InChI is InChI=1S/C16H24O/c1-5-8-14(9-6-2)16(17)15-12(3)10-7-11-13(15)4/h7,10-11,14H,5-6,8-9H2,1-4H3. The average molecular weight is 232 g/mol. The summed E-state index contributed by atoms with van der Waals surface area (Å²) in [7, 11) is 0. The first kappa shape index (κ1) is 14.0. The Morgan fingerprint density at radius 3 is 1.94 bits per heavy atom. The van der Waals surface area contributed by atoms with Gasteiger partial charge in [0.2, 0.25) is 0 Å². The molecule has 1 nitrogen and oxygen atoms in total. The molecule has 0 unspecified atom stereocenters. The van der Waals surface area contributed by atoms with Crippen LogP contribution in [0.15, 0.2) is 18.2 Å². The minimum atomic E-state index is 0.213. The third-order valence-corrected chi connectivity index (χ3v) is 3.37. The van der Waals surface area contributed by atoms with Crippen molar-refractivity contribution in [3.63, 3.8) is 0 Å². The maximum Gasteiger partial charge on any atom is 0.166 e. The van der Waals surface area contributed by atoms with Crippen molar-refractivity contribution >= 4 is 5.78 Å². The lowest BCUT2D eigenvalue weighted by Gasteiger charge is -2.17. The molecule has 1 heteroatoms. The highest BCUT2D eigenvalue weighted by Gasteiger charge is 2.21. The summed E-state index contributed by atoms with van der Waals surface area (Å²) in [4.78, 5) is 12.6. The van der Waals surface area contributed by atoms with Crippen molar-refractivity contribution in [2.75, 3.05) is 0 Å². The minimum absolute atomic E-state index is 0.213. The number of hydrogen-bond acceptors (Lipinski definition) is 1. The molecule has 0 saturated heterocycles. The van der Waals surface area contributed by atoms with E-state index in [9.17, 15) is 4.79 Å². The highest BCUT2D eigenvalue weighted by atomic mass is 16.1. The molecule has 0 atom stereocenters. The predicted octanol–water partition coefficient (Wildman–Crippen LogP) is 4.70. The highest BCUT2D eigenvalue weighted by Crippen LogP contribution is 2.23. The van der Waals surface area contributed by atoms with E-state index < -0.39 is 0 Å². The number of Topliss-reactive ketones (excluding diaryl/α,β-unsaturated/α-hetero) is 1. The molecule has 0 fully saturated rings. The van der Waals surface area contributed by atoms with Crippen molar-refractivity contribution in [1.29, 1.82) is 0 Å². The second-order valence-corrected chi connectivity index (χ2v) is 4.91. The Morgan fingerprint density at radius 2 is 1.53 bits per heavy atom. The Labute approximate surface area is 105 Å². The summed E-state index contributed by atoms with van der Waals surface area (Å²) >= 11 is 0. The van der Waals surface area contributed by atoms with Crippen LogP contribution >= 0.6 is 0 Å². The second kappa shape index (κ2) is 6.58. The van der Waals surface area contributed by atoms with Crippen LogP contribution in [0.4, 0.5) is 0 Å². The normalized spacial score (nSPS) is 10.9. The van der Waals surface area contributed by atoms with Crippen molar-refractivity contribution < 1.29 is 4.79 Å². The molecule has 0 aliphatic heterocycles. The summed E-state index contributed by atoms with van der Waals surface area (Å²) < 4.78 is 0. The first-order valence-electron chi connectivity index (χ1n) is 6.72. The number of aryl methyl sites for hydroxylation is 2. The molecule has 1 aromatic carbocycles. The number of ketones is 1. The van der Waals surface area contributed by atoms with Gasteiger partial charge in [0.15, 0.2) is 5.78 Å². The van der Waals surface area contributed by atoms with E-state index in [2.05, 4.69) is 13.8 Å². The van der Waals surface area contributed by atoms with E-state index in [0.717, 1.165) is 42.4 Å². The van der Waals surface area contributed by atoms with Crippen molar-refractivity contribution in [3.05, 3.63) is 34.9 Å². The van der Waals surface area contributed by atoms with Gasteiger partial charge in [-0.15, -0.1) is 0 Å². The molecule has 0 bridgehead atoms. The van der Waals surface area contributed by atoms with E-state index in [1.807, 2.05) is 32.0 Å². The lowest BCUT2D eigenvalue weighted by atomic mass is 9.86. The molecule has 17 heavy (non-hydrogen) atoms. The third kappa shape index (κ3) is 3.42. The minimum Gasteiger partial charge on any atom is -0.294 e. The molecule has 0 aliphatic rings. The lowest BCUT2D eigenvalue weighted by Crippen LogP contribution is -2.17. The number of carbonyl (C=O) groups is 1. The van der Waals surface area contributed by atoms with Crippen LogP contribution < -0.4 is 0 Å². The Morgan fingerprint density at radius 1 is 1.06 bits per heavy atom. The van der Waals surface area contributed by atoms with Crippen molar-refractivity contribution in [2.24, 2.45) is 5.92 Å². The molecule has 0 N–H and O–H groups in total. The Bertz CT molecular complexity index is 353. The molecule has 94 valence electrons. The number of benzene rings is 1. The fourth-order valence-electron chi connectivity index (χ4n) is 2.51. The van der Waals surface area contributed by atoms with Gasteiger partial charge in [-0.1, -0.05) is 44.9 Å². The molecule has 1 aromatic rings. The summed E-state index contributed by atoms with van der Waals surface area (Å²) in [6.07, 6.45) is 4.20. The van der Waals surface area contributed by atoms with E-state index in [4.69, 9.17) is 0 Å². The molecular weight excluding hydrogens is 208 g/mol. The van der Waals surface area contributed by atoms with E-state index in [1.54, 1.807) is 0 Å². The quantitative estimate of drug-likeness (QED) is 0.650. The summed E-state index contributed by atoms with van der Waals surface area (Å²) in [5.41, 5.74) is 3.19. The van der Waals surface area contributed by atoms with Gasteiger partial charge in [-0.25, -0.2) is 0 Å². The molecule has 0 radical (unpaired) electrons. The summed E-state index contributed by atoms with van der Waals surface area (Å²) in [5, 5.41) is 0. The monoisotopic (exact) mass is 232 g/mol. The summed E-state index contributed by atoms with van der Waals surface area (Å²) in [6, 6.07) is 6.10. The van der Waals surface area contributed by atoms with Gasteiger partial charge in [0.1, 0.15) is 0 Å². The third-order valence-electron chi connectivity index (χ3n) is 3.37.